The van der Waals surface area contributed by atoms with Crippen LogP contribution < -0.4 is 5.73 Å². The van der Waals surface area contributed by atoms with Gasteiger partial charge in [-0.1, -0.05) is 0 Å². The maximum atomic E-state index is 10.3. The van der Waals surface area contributed by atoms with Gasteiger partial charge in [0, 0.05) is 18.3 Å². The third-order valence-corrected chi connectivity index (χ3v) is 2.60. The van der Waals surface area contributed by atoms with Gasteiger partial charge in [-0.3, -0.25) is 14.4 Å². The number of aliphatic carboxylic acids is 4. The van der Waals surface area contributed by atoms with Crippen molar-refractivity contribution in [3.8, 4) is 0 Å². The van der Waals surface area contributed by atoms with Gasteiger partial charge in [0.15, 0.2) is 5.60 Å². The first-order chi connectivity index (χ1) is 11.0. The van der Waals surface area contributed by atoms with E-state index in [1.807, 2.05) is 0 Å². The lowest BCUT2D eigenvalue weighted by atomic mass is 9.96. The van der Waals surface area contributed by atoms with E-state index in [1.165, 1.54) is 6.33 Å². The number of H-pyrrole nitrogens is 1. The molecule has 0 amide bonds. The Morgan fingerprint density at radius 3 is 1.92 bits per heavy atom. The van der Waals surface area contributed by atoms with Crippen LogP contribution in [0.5, 0.6) is 0 Å². The van der Waals surface area contributed by atoms with Gasteiger partial charge in [-0.15, -0.1) is 0 Å². The number of aliphatic hydroxyl groups is 1. The number of nitrogens with zero attached hydrogens (tertiary/aromatic N) is 1. The number of nitrogens with two attached hydrogens (primary N) is 1. The molecule has 1 rings (SSSR count). The van der Waals surface area contributed by atoms with Crippen molar-refractivity contribution in [2.24, 2.45) is 5.73 Å². The third kappa shape index (κ3) is 7.86. The summed E-state index contributed by atoms with van der Waals surface area (Å²) in [6.07, 6.45) is 1.05. The second-order valence-electron chi connectivity index (χ2n) is 4.70. The number of aromatic nitrogens is 2. The van der Waals surface area contributed by atoms with Crippen molar-refractivity contribution in [1.82, 2.24) is 9.97 Å². The predicted molar refractivity (Wildman–Crippen MR) is 75.0 cm³/mol. The minimum atomic E-state index is -2.74. The highest BCUT2D eigenvalue weighted by molar-refractivity contribution is 5.88. The quantitative estimate of drug-likeness (QED) is 0.275. The highest BCUT2D eigenvalue weighted by Crippen LogP contribution is 2.15. The summed E-state index contributed by atoms with van der Waals surface area (Å²) >= 11 is 0. The van der Waals surface area contributed by atoms with Crippen LogP contribution in [0.25, 0.3) is 0 Å². The van der Waals surface area contributed by atoms with E-state index in [1.54, 1.807) is 6.20 Å². The molecular weight excluding hydrogens is 330 g/mol. The molecule has 0 aliphatic rings. The first kappa shape index (κ1) is 21.0. The Hall–Kier alpha value is -2.99. The molecule has 0 fully saturated rings. The zero-order valence-electron chi connectivity index (χ0n) is 12.2. The molecule has 0 aliphatic carbocycles. The van der Waals surface area contributed by atoms with E-state index in [0.29, 0.717) is 0 Å². The lowest BCUT2D eigenvalue weighted by Crippen LogP contribution is -2.42. The Morgan fingerprint density at radius 2 is 1.62 bits per heavy atom. The van der Waals surface area contributed by atoms with E-state index in [-0.39, 0.29) is 6.42 Å². The zero-order valence-corrected chi connectivity index (χ0v) is 12.2. The van der Waals surface area contributed by atoms with E-state index < -0.39 is 48.4 Å². The van der Waals surface area contributed by atoms with Crippen LogP contribution >= 0.6 is 0 Å². The molecule has 0 saturated carbocycles. The summed E-state index contributed by atoms with van der Waals surface area (Å²) in [6.45, 7) is 0. The molecule has 0 unspecified atom stereocenters. The number of hydrogen-bond acceptors (Lipinski definition) is 7. The fraction of sp³-hybridized carbons (Fsp3) is 0.417. The van der Waals surface area contributed by atoms with Crippen LogP contribution in [0.4, 0.5) is 0 Å². The number of rotatable bonds is 8. The first-order valence-electron chi connectivity index (χ1n) is 6.33. The molecule has 0 bridgehead atoms. The minimum Gasteiger partial charge on any atom is -0.481 e. The monoisotopic (exact) mass is 347 g/mol. The molecule has 8 N–H and O–H groups in total. The molecule has 1 aromatic heterocycles. The lowest BCUT2D eigenvalue weighted by molar-refractivity contribution is -0.170. The molecule has 24 heavy (non-hydrogen) atoms. The van der Waals surface area contributed by atoms with Crippen LogP contribution in [0.2, 0.25) is 0 Å². The Kier molecular flexibility index (Phi) is 8.07. The first-order valence-corrected chi connectivity index (χ1v) is 6.33. The number of carboxylic acids is 4. The molecule has 134 valence electrons. The van der Waals surface area contributed by atoms with Crippen LogP contribution in [-0.4, -0.2) is 71.0 Å². The average molecular weight is 347 g/mol. The molecule has 1 aromatic rings. The topological polar surface area (TPSA) is 224 Å². The SMILES string of the molecule is N[C@@H](Cc1cnc[nH]1)C(=O)O.O=C(O)CC(O)(CC(=O)O)C(=O)O. The number of aromatic amines is 1. The van der Waals surface area contributed by atoms with Crippen molar-refractivity contribution < 1.29 is 44.7 Å². The Morgan fingerprint density at radius 1 is 1.12 bits per heavy atom. The van der Waals surface area contributed by atoms with Gasteiger partial charge in [0.05, 0.1) is 19.2 Å². The molecule has 0 aromatic carbocycles. The Bertz CT molecular complexity index is 569. The second-order valence-corrected chi connectivity index (χ2v) is 4.70. The van der Waals surface area contributed by atoms with Crippen molar-refractivity contribution in [2.45, 2.75) is 30.9 Å². The van der Waals surface area contributed by atoms with Crippen LogP contribution in [-0.2, 0) is 25.6 Å². The van der Waals surface area contributed by atoms with Gasteiger partial charge in [0.2, 0.25) is 0 Å². The van der Waals surface area contributed by atoms with Crippen LogP contribution in [0, 0.1) is 0 Å². The molecule has 12 nitrogen and oxygen atoms in total. The maximum Gasteiger partial charge on any atom is 0.336 e. The summed E-state index contributed by atoms with van der Waals surface area (Å²) in [5.41, 5.74) is 3.26. The van der Waals surface area contributed by atoms with Crippen molar-refractivity contribution in [3.63, 3.8) is 0 Å². The summed E-state index contributed by atoms with van der Waals surface area (Å²) in [7, 11) is 0. The molecule has 1 atom stereocenters. The van der Waals surface area contributed by atoms with E-state index in [0.717, 1.165) is 5.69 Å². The highest BCUT2D eigenvalue weighted by atomic mass is 16.4. The normalized spacial score (nSPS) is 11.8. The van der Waals surface area contributed by atoms with Gasteiger partial charge in [0.1, 0.15) is 6.04 Å². The van der Waals surface area contributed by atoms with Crippen LogP contribution in [0.3, 0.4) is 0 Å². The van der Waals surface area contributed by atoms with Crippen molar-refractivity contribution in [1.29, 1.82) is 0 Å². The largest absolute Gasteiger partial charge is 0.481 e. The second kappa shape index (κ2) is 9.22. The Balaban J connectivity index is 0.000000446. The maximum absolute atomic E-state index is 10.3. The summed E-state index contributed by atoms with van der Waals surface area (Å²) in [5, 5.41) is 42.2. The third-order valence-electron chi connectivity index (χ3n) is 2.60. The molecule has 0 saturated heterocycles. The fourth-order valence-corrected chi connectivity index (χ4v) is 1.43. The van der Waals surface area contributed by atoms with Gasteiger partial charge in [-0.05, 0) is 0 Å². The Labute approximate surface area is 134 Å². The summed E-state index contributed by atoms with van der Waals surface area (Å²) < 4.78 is 0. The van der Waals surface area contributed by atoms with Crippen LogP contribution in [0.15, 0.2) is 12.5 Å². The number of carboxylic acid groups (broad SMARTS) is 4. The van der Waals surface area contributed by atoms with Gasteiger partial charge in [-0.2, -0.15) is 0 Å². The number of carbonyl (C=O) groups is 4. The molecular formula is C12H17N3O9. The standard InChI is InChI=1S/C6H9N3O2.C6H8O7/c7-5(6(10)11)1-4-2-8-3-9-4;7-3(8)1-6(13,5(11)12)2-4(9)10/h2-3,5H,1,7H2,(H,8,9)(H,10,11);13H,1-2H2,(H,7,8)(H,9,10)(H,11,12)/t5-;/m0./s1. The molecule has 1 heterocycles. The molecule has 0 aliphatic heterocycles. The molecule has 0 spiro atoms. The van der Waals surface area contributed by atoms with Gasteiger partial charge in [-0.25, -0.2) is 9.78 Å². The number of imidazole rings is 1. The van der Waals surface area contributed by atoms with Crippen molar-refractivity contribution in [2.75, 3.05) is 0 Å². The smallest absolute Gasteiger partial charge is 0.336 e. The summed E-state index contributed by atoms with van der Waals surface area (Å²) in [5.74, 6) is -6.02. The van der Waals surface area contributed by atoms with Gasteiger partial charge >= 0.3 is 23.9 Å². The van der Waals surface area contributed by atoms with E-state index in [9.17, 15) is 19.2 Å². The molecule has 12 heteroatoms. The fourth-order valence-electron chi connectivity index (χ4n) is 1.43. The summed E-state index contributed by atoms with van der Waals surface area (Å²) in [4.78, 5) is 47.2. The highest BCUT2D eigenvalue weighted by Gasteiger charge is 2.40. The van der Waals surface area contributed by atoms with Crippen molar-refractivity contribution in [3.05, 3.63) is 18.2 Å². The van der Waals surface area contributed by atoms with Gasteiger partial charge in [0.25, 0.3) is 0 Å². The number of nitrogens with one attached hydrogen (secondary N) is 1. The number of hydrogen-bond donors (Lipinski definition) is 7. The van der Waals surface area contributed by atoms with Crippen LogP contribution in [0.1, 0.15) is 18.5 Å². The predicted octanol–water partition coefficient (Wildman–Crippen LogP) is -1.88. The molecule has 0 radical (unpaired) electrons. The minimum absolute atomic E-state index is 0.287. The summed E-state index contributed by atoms with van der Waals surface area (Å²) in [6, 6.07) is -0.851. The van der Waals surface area contributed by atoms with Crippen molar-refractivity contribution >= 4 is 23.9 Å². The van der Waals surface area contributed by atoms with Gasteiger partial charge < -0.3 is 36.3 Å². The van der Waals surface area contributed by atoms with E-state index >= 15 is 0 Å². The zero-order chi connectivity index (χ0) is 18.9. The lowest BCUT2D eigenvalue weighted by Gasteiger charge is -2.18. The average Bonchev–Trinajstić information content (AvgIpc) is 2.90. The van der Waals surface area contributed by atoms with E-state index in [2.05, 4.69) is 9.97 Å². The van der Waals surface area contributed by atoms with E-state index in [4.69, 9.17) is 31.3 Å².